The van der Waals surface area contributed by atoms with Gasteiger partial charge in [-0.2, -0.15) is 0 Å². The number of hydrogen-bond acceptors (Lipinski definition) is 2. The number of carbonyl (C=O) groups is 2. The zero-order valence-electron chi connectivity index (χ0n) is 20.8. The fraction of sp³-hybridized carbons (Fsp3) is 0.655. The number of fused-ring (bicyclic) bond motifs is 5. The first kappa shape index (κ1) is 22.7. The quantitative estimate of drug-likeness (QED) is 0.586. The van der Waals surface area contributed by atoms with Crippen molar-refractivity contribution in [3.8, 4) is 0 Å². The number of hydrogen-bond donors (Lipinski definition) is 2. The van der Waals surface area contributed by atoms with Crippen LogP contribution in [0.15, 0.2) is 36.0 Å². The zero-order chi connectivity index (χ0) is 23.8. The average Bonchev–Trinajstić information content (AvgIpc) is 3.07. The predicted octanol–water partition coefficient (Wildman–Crippen LogP) is 5.95. The Morgan fingerprint density at radius 2 is 1.76 bits per heavy atom. The molecule has 1 heterocycles. The summed E-state index contributed by atoms with van der Waals surface area (Å²) in [6.45, 7) is 11.2. The van der Waals surface area contributed by atoms with Crippen LogP contribution in [0.2, 0.25) is 0 Å². The van der Waals surface area contributed by atoms with Gasteiger partial charge in [-0.25, -0.2) is 0 Å². The maximum absolute atomic E-state index is 13.3. The molecule has 0 radical (unpaired) electrons. The van der Waals surface area contributed by atoms with E-state index in [0.717, 1.165) is 43.4 Å². The van der Waals surface area contributed by atoms with Crippen LogP contribution in [0.1, 0.15) is 90.7 Å². The molecular formula is C29H39NO3. The van der Waals surface area contributed by atoms with Gasteiger partial charge < -0.3 is 10.4 Å². The Kier molecular flexibility index (Phi) is 4.95. The predicted molar refractivity (Wildman–Crippen MR) is 130 cm³/mol. The van der Waals surface area contributed by atoms with E-state index in [9.17, 15) is 14.7 Å². The molecule has 0 spiro atoms. The minimum Gasteiger partial charge on any atom is -0.481 e. The van der Waals surface area contributed by atoms with E-state index in [1.807, 2.05) is 6.07 Å². The normalized spacial score (nSPS) is 40.2. The van der Waals surface area contributed by atoms with Crippen molar-refractivity contribution in [2.24, 2.45) is 28.6 Å². The summed E-state index contributed by atoms with van der Waals surface area (Å²) in [6.07, 6.45) is 8.37. The lowest BCUT2D eigenvalue weighted by Crippen LogP contribution is -2.57. The Hall–Kier alpha value is -2.10. The Bertz CT molecular complexity index is 1040. The van der Waals surface area contributed by atoms with Crippen LogP contribution in [0.25, 0.3) is 0 Å². The van der Waals surface area contributed by atoms with E-state index in [4.69, 9.17) is 0 Å². The van der Waals surface area contributed by atoms with Crippen LogP contribution in [-0.2, 0) is 20.4 Å². The zero-order valence-corrected chi connectivity index (χ0v) is 20.8. The third-order valence-electron chi connectivity index (χ3n) is 10.4. The van der Waals surface area contributed by atoms with Gasteiger partial charge in [0.2, 0.25) is 5.91 Å². The number of nitrogens with one attached hydrogen (secondary N) is 1. The highest BCUT2D eigenvalue weighted by Gasteiger charge is 2.68. The lowest BCUT2D eigenvalue weighted by molar-refractivity contribution is -0.153. The van der Waals surface area contributed by atoms with Gasteiger partial charge in [-0.1, -0.05) is 65.0 Å². The van der Waals surface area contributed by atoms with Gasteiger partial charge in [0.15, 0.2) is 0 Å². The molecule has 3 aliphatic carbocycles. The summed E-state index contributed by atoms with van der Waals surface area (Å²) in [6, 6.07) is 8.32. The molecule has 33 heavy (non-hydrogen) atoms. The Balaban J connectivity index is 1.60. The summed E-state index contributed by atoms with van der Waals surface area (Å²) in [4.78, 5) is 25.4. The molecule has 4 heteroatoms. The van der Waals surface area contributed by atoms with Gasteiger partial charge in [0.1, 0.15) is 0 Å². The van der Waals surface area contributed by atoms with E-state index in [0.29, 0.717) is 30.6 Å². The Morgan fingerprint density at radius 3 is 2.45 bits per heavy atom. The van der Waals surface area contributed by atoms with Crippen LogP contribution in [-0.4, -0.2) is 17.0 Å². The third-order valence-corrected chi connectivity index (χ3v) is 10.4. The molecule has 1 unspecified atom stereocenters. The van der Waals surface area contributed by atoms with Gasteiger partial charge in [-0.15, -0.1) is 0 Å². The van der Waals surface area contributed by atoms with E-state index >= 15 is 0 Å². The number of aliphatic carboxylic acids is 1. The number of allylic oxidation sites excluding steroid dienone is 2. The minimum absolute atomic E-state index is 0.00987. The molecule has 5 rings (SSSR count). The van der Waals surface area contributed by atoms with Crippen molar-refractivity contribution < 1.29 is 14.7 Å². The average molecular weight is 450 g/mol. The molecule has 4 aliphatic rings. The largest absolute Gasteiger partial charge is 0.481 e. The molecule has 1 amide bonds. The number of carbonyl (C=O) groups excluding carboxylic acids is 1. The van der Waals surface area contributed by atoms with Gasteiger partial charge in [0.25, 0.3) is 0 Å². The van der Waals surface area contributed by atoms with Crippen molar-refractivity contribution >= 4 is 11.9 Å². The first-order valence-electron chi connectivity index (χ1n) is 12.8. The molecule has 0 aromatic heterocycles. The lowest BCUT2D eigenvalue weighted by atomic mass is 9.46. The van der Waals surface area contributed by atoms with E-state index in [1.165, 1.54) is 5.56 Å². The monoisotopic (exact) mass is 449 g/mol. The Labute approximate surface area is 198 Å². The fourth-order valence-corrected chi connectivity index (χ4v) is 8.65. The number of benzene rings is 1. The SMILES string of the molecule is CC(C)(C)c1ccccc1C1(C(=O)O)CC[C@H]2[C@@H]3CC=C4NC(=O)CC[C@]4(C)[C@@H]3CC[C@@]21C. The van der Waals surface area contributed by atoms with Crippen LogP contribution in [0, 0.1) is 28.6 Å². The van der Waals surface area contributed by atoms with Gasteiger partial charge >= 0.3 is 5.97 Å². The van der Waals surface area contributed by atoms with Crippen molar-refractivity contribution in [1.82, 2.24) is 5.32 Å². The molecule has 1 aromatic rings. The summed E-state index contributed by atoms with van der Waals surface area (Å²) in [5, 5.41) is 14.1. The molecule has 3 fully saturated rings. The lowest BCUT2D eigenvalue weighted by Gasteiger charge is -2.58. The van der Waals surface area contributed by atoms with E-state index < -0.39 is 11.4 Å². The minimum atomic E-state index is -0.849. The second kappa shape index (κ2) is 7.20. The molecule has 178 valence electrons. The number of carboxylic acids is 1. The second-order valence-corrected chi connectivity index (χ2v) is 12.7. The van der Waals surface area contributed by atoms with Crippen LogP contribution in [0.5, 0.6) is 0 Å². The third kappa shape index (κ3) is 2.94. The van der Waals surface area contributed by atoms with E-state index in [-0.39, 0.29) is 22.2 Å². The molecule has 4 nitrogen and oxygen atoms in total. The van der Waals surface area contributed by atoms with Crippen molar-refractivity contribution in [2.75, 3.05) is 0 Å². The van der Waals surface area contributed by atoms with Crippen LogP contribution < -0.4 is 5.32 Å². The molecule has 2 N–H and O–H groups in total. The standard InChI is InChI=1S/C29H39NO3/c1-26(2,3)21-8-6-7-9-22(21)29(25(32)33)17-13-20-18-10-11-23-27(4,15-14-24(31)30-23)19(18)12-16-28(20,29)5/h6-9,11,18-20H,10,12-17H2,1-5H3,(H,30,31)(H,32,33)/t18-,19-,20+,27-,28+,29?/m1/s1. The highest BCUT2D eigenvalue weighted by Crippen LogP contribution is 2.69. The smallest absolute Gasteiger partial charge is 0.314 e. The Morgan fingerprint density at radius 1 is 1.06 bits per heavy atom. The van der Waals surface area contributed by atoms with Crippen molar-refractivity contribution in [2.45, 2.75) is 90.4 Å². The topological polar surface area (TPSA) is 66.4 Å². The van der Waals surface area contributed by atoms with Crippen LogP contribution in [0.3, 0.4) is 0 Å². The van der Waals surface area contributed by atoms with Gasteiger partial charge in [-0.3, -0.25) is 9.59 Å². The highest BCUT2D eigenvalue weighted by atomic mass is 16.4. The molecule has 0 bridgehead atoms. The van der Waals surface area contributed by atoms with Crippen LogP contribution >= 0.6 is 0 Å². The second-order valence-electron chi connectivity index (χ2n) is 12.7. The van der Waals surface area contributed by atoms with E-state index in [2.05, 4.69) is 64.2 Å². The van der Waals surface area contributed by atoms with Crippen molar-refractivity contribution in [3.63, 3.8) is 0 Å². The molecular weight excluding hydrogens is 410 g/mol. The molecule has 1 saturated heterocycles. The van der Waals surface area contributed by atoms with Crippen molar-refractivity contribution in [1.29, 1.82) is 0 Å². The van der Waals surface area contributed by atoms with Crippen LogP contribution in [0.4, 0.5) is 0 Å². The first-order chi connectivity index (χ1) is 15.4. The summed E-state index contributed by atoms with van der Waals surface area (Å²) < 4.78 is 0. The molecule has 1 aromatic carbocycles. The number of piperidine rings is 1. The summed E-state index contributed by atoms with van der Waals surface area (Å²) >= 11 is 0. The van der Waals surface area contributed by atoms with Gasteiger partial charge in [0.05, 0.1) is 5.41 Å². The molecule has 1 aliphatic heterocycles. The molecule has 2 saturated carbocycles. The van der Waals surface area contributed by atoms with Crippen molar-refractivity contribution in [3.05, 3.63) is 47.2 Å². The van der Waals surface area contributed by atoms with Gasteiger partial charge in [0, 0.05) is 17.5 Å². The fourth-order valence-electron chi connectivity index (χ4n) is 8.65. The molecule has 6 atom stereocenters. The summed E-state index contributed by atoms with van der Waals surface area (Å²) in [5.41, 5.74) is 2.11. The summed E-state index contributed by atoms with van der Waals surface area (Å²) in [5.74, 6) is 0.870. The number of rotatable bonds is 2. The number of amides is 1. The number of carboxylic acid groups (broad SMARTS) is 1. The maximum Gasteiger partial charge on any atom is 0.314 e. The maximum atomic E-state index is 13.3. The highest BCUT2D eigenvalue weighted by molar-refractivity contribution is 5.84. The first-order valence-corrected chi connectivity index (χ1v) is 12.8. The van der Waals surface area contributed by atoms with E-state index in [1.54, 1.807) is 0 Å². The van der Waals surface area contributed by atoms with Gasteiger partial charge in [-0.05, 0) is 78.2 Å². The summed E-state index contributed by atoms with van der Waals surface area (Å²) in [7, 11) is 0.